The van der Waals surface area contributed by atoms with Gasteiger partial charge in [-0.15, -0.1) is 0 Å². The monoisotopic (exact) mass is 501 g/mol. The van der Waals surface area contributed by atoms with Gasteiger partial charge in [-0.05, 0) is 32.4 Å². The third kappa shape index (κ3) is 5.67. The Hall–Kier alpha value is -3.88. The lowest BCUT2D eigenvalue weighted by Crippen LogP contribution is -2.41. The van der Waals surface area contributed by atoms with Crippen LogP contribution in [0.2, 0.25) is 0 Å². The number of hydrogen-bond donors (Lipinski definition) is 1. The van der Waals surface area contributed by atoms with Gasteiger partial charge in [-0.25, -0.2) is 4.79 Å². The molecule has 190 valence electrons. The van der Waals surface area contributed by atoms with Crippen molar-refractivity contribution >= 4 is 17.7 Å². The molecule has 2 aromatic rings. The molecule has 0 radical (unpaired) electrons. The highest BCUT2D eigenvalue weighted by Gasteiger charge is 2.47. The first kappa shape index (κ1) is 26.7. The summed E-state index contributed by atoms with van der Waals surface area (Å²) in [6, 6.07) is 12.9. The third-order valence-corrected chi connectivity index (χ3v) is 5.70. The van der Waals surface area contributed by atoms with Crippen LogP contribution in [0.5, 0.6) is 0 Å². The molecule has 3 rings (SSSR count). The molecule has 1 aliphatic heterocycles. The van der Waals surface area contributed by atoms with Crippen LogP contribution in [0.3, 0.4) is 0 Å². The lowest BCUT2D eigenvalue weighted by Gasteiger charge is -2.36. The number of ether oxygens (including phenoxy) is 2. The smallest absolute Gasteiger partial charge is 0.416 e. The van der Waals surface area contributed by atoms with E-state index in [0.29, 0.717) is 5.56 Å². The molecule has 2 atom stereocenters. The highest BCUT2D eigenvalue weighted by Crippen LogP contribution is 2.46. The van der Waals surface area contributed by atoms with Gasteiger partial charge in [0.15, 0.2) is 5.78 Å². The summed E-state index contributed by atoms with van der Waals surface area (Å²) in [6.45, 7) is 4.52. The molecule has 0 spiro atoms. The van der Waals surface area contributed by atoms with Crippen molar-refractivity contribution in [2.24, 2.45) is 5.92 Å². The van der Waals surface area contributed by atoms with E-state index in [-0.39, 0.29) is 35.7 Å². The molecule has 0 saturated carbocycles. The number of halogens is 3. The van der Waals surface area contributed by atoms with E-state index in [0.717, 1.165) is 12.1 Å². The highest BCUT2D eigenvalue weighted by molar-refractivity contribution is 6.05. The summed E-state index contributed by atoms with van der Waals surface area (Å²) in [6.07, 6.45) is -3.61. The van der Waals surface area contributed by atoms with Gasteiger partial charge < -0.3 is 14.8 Å². The second-order valence-corrected chi connectivity index (χ2v) is 8.01. The Labute approximate surface area is 206 Å². The molecule has 1 aliphatic rings. The summed E-state index contributed by atoms with van der Waals surface area (Å²) in [7, 11) is 0. The number of nitrogens with one attached hydrogen (secondary N) is 1. The van der Waals surface area contributed by atoms with Crippen molar-refractivity contribution in [1.29, 1.82) is 0 Å². The normalized spacial score (nSPS) is 19.0. The van der Waals surface area contributed by atoms with E-state index in [9.17, 15) is 27.6 Å². The average molecular weight is 502 g/mol. The minimum absolute atomic E-state index is 0.0230. The summed E-state index contributed by atoms with van der Waals surface area (Å²) in [5.41, 5.74) is -0.937. The summed E-state index contributed by atoms with van der Waals surface area (Å²) >= 11 is 0. The van der Waals surface area contributed by atoms with Crippen LogP contribution in [0, 0.1) is 5.92 Å². The number of alkyl halides is 3. The fraction of sp³-hybridized carbons (Fsp3) is 0.296. The van der Waals surface area contributed by atoms with Gasteiger partial charge in [0.05, 0.1) is 24.4 Å². The Kier molecular flexibility index (Phi) is 8.34. The van der Waals surface area contributed by atoms with Crippen molar-refractivity contribution in [2.75, 3.05) is 13.2 Å². The molecule has 0 bridgehead atoms. The van der Waals surface area contributed by atoms with Crippen molar-refractivity contribution in [1.82, 2.24) is 5.32 Å². The molecule has 0 fully saturated rings. The van der Waals surface area contributed by atoms with Crippen molar-refractivity contribution in [3.8, 4) is 0 Å². The van der Waals surface area contributed by atoms with Gasteiger partial charge >= 0.3 is 18.1 Å². The summed E-state index contributed by atoms with van der Waals surface area (Å²) < 4.78 is 52.5. The van der Waals surface area contributed by atoms with Crippen LogP contribution in [0.25, 0.3) is 0 Å². The van der Waals surface area contributed by atoms with Gasteiger partial charge in [0.1, 0.15) is 5.92 Å². The first-order chi connectivity index (χ1) is 17.1. The van der Waals surface area contributed by atoms with Gasteiger partial charge in [0, 0.05) is 29.0 Å². The topological polar surface area (TPSA) is 81.7 Å². The average Bonchev–Trinajstić information content (AvgIpc) is 2.83. The van der Waals surface area contributed by atoms with E-state index in [1.165, 1.54) is 25.1 Å². The molecular formula is C27H26F3NO5. The van der Waals surface area contributed by atoms with E-state index in [4.69, 9.17) is 9.47 Å². The number of ketones is 1. The number of hydrogen-bond acceptors (Lipinski definition) is 6. The van der Waals surface area contributed by atoms with Gasteiger partial charge in [-0.2, -0.15) is 13.2 Å². The first-order valence-corrected chi connectivity index (χ1v) is 11.4. The molecule has 0 amide bonds. The van der Waals surface area contributed by atoms with Crippen LogP contribution in [0.1, 0.15) is 48.2 Å². The zero-order valence-electron chi connectivity index (χ0n) is 20.0. The predicted molar refractivity (Wildman–Crippen MR) is 126 cm³/mol. The Morgan fingerprint density at radius 1 is 0.944 bits per heavy atom. The van der Waals surface area contributed by atoms with Crippen LogP contribution in [0.15, 0.2) is 77.6 Å². The number of allylic oxidation sites excluding steroid dienone is 2. The molecule has 2 aromatic carbocycles. The van der Waals surface area contributed by atoms with Crippen LogP contribution >= 0.6 is 0 Å². The second-order valence-electron chi connectivity index (χ2n) is 8.01. The maximum absolute atomic E-state index is 14.0. The summed E-state index contributed by atoms with van der Waals surface area (Å²) in [4.78, 5) is 39.2. The van der Waals surface area contributed by atoms with Crippen LogP contribution < -0.4 is 5.32 Å². The minimum Gasteiger partial charge on any atom is -0.465 e. The lowest BCUT2D eigenvalue weighted by atomic mass is 9.73. The SMILES string of the molecule is CCOC(=O)C1=C(C)N/C(=C\C(=O)c2ccccc2)[C@H](C(=O)OCC)[C@H]1c1ccccc1C(F)(F)F. The van der Waals surface area contributed by atoms with Gasteiger partial charge in [0.25, 0.3) is 0 Å². The van der Waals surface area contributed by atoms with Crippen molar-refractivity contribution < 1.29 is 37.0 Å². The quantitative estimate of drug-likeness (QED) is 0.320. The molecule has 0 aromatic heterocycles. The molecule has 0 saturated heterocycles. The fourth-order valence-corrected chi connectivity index (χ4v) is 4.24. The highest BCUT2D eigenvalue weighted by atomic mass is 19.4. The molecule has 36 heavy (non-hydrogen) atoms. The zero-order chi connectivity index (χ0) is 26.5. The molecule has 0 unspecified atom stereocenters. The van der Waals surface area contributed by atoms with Gasteiger partial charge in [0.2, 0.25) is 0 Å². The van der Waals surface area contributed by atoms with Crippen molar-refractivity contribution in [3.63, 3.8) is 0 Å². The van der Waals surface area contributed by atoms with Crippen LogP contribution in [-0.2, 0) is 25.2 Å². The Bertz CT molecular complexity index is 1200. The van der Waals surface area contributed by atoms with Gasteiger partial charge in [-0.1, -0.05) is 48.5 Å². The van der Waals surface area contributed by atoms with Crippen molar-refractivity contribution in [3.05, 3.63) is 94.3 Å². The molecule has 6 nitrogen and oxygen atoms in total. The van der Waals surface area contributed by atoms with E-state index in [2.05, 4.69) is 5.32 Å². The van der Waals surface area contributed by atoms with Crippen molar-refractivity contribution in [2.45, 2.75) is 32.9 Å². The van der Waals surface area contributed by atoms with Crippen LogP contribution in [-0.4, -0.2) is 30.9 Å². The molecule has 1 N–H and O–H groups in total. The first-order valence-electron chi connectivity index (χ1n) is 11.4. The molecule has 0 aliphatic carbocycles. The summed E-state index contributed by atoms with van der Waals surface area (Å²) in [5, 5.41) is 2.89. The van der Waals surface area contributed by atoms with Gasteiger partial charge in [-0.3, -0.25) is 9.59 Å². The third-order valence-electron chi connectivity index (χ3n) is 5.70. The van der Waals surface area contributed by atoms with E-state index < -0.39 is 41.3 Å². The Balaban J connectivity index is 2.30. The van der Waals surface area contributed by atoms with E-state index in [1.807, 2.05) is 0 Å². The lowest BCUT2D eigenvalue weighted by molar-refractivity contribution is -0.149. The van der Waals surface area contributed by atoms with E-state index in [1.54, 1.807) is 44.2 Å². The number of rotatable bonds is 7. The summed E-state index contributed by atoms with van der Waals surface area (Å²) in [5.74, 6) is -5.08. The Morgan fingerprint density at radius 2 is 1.56 bits per heavy atom. The standard InChI is InChI=1S/C27H26F3NO5/c1-4-35-25(33)22-16(3)31-20(15-21(32)17-11-7-6-8-12-17)24(26(34)36-5-2)23(22)18-13-9-10-14-19(18)27(28,29)30/h6-15,23-24,31H,4-5H2,1-3H3/b20-15-/t23-,24-/m0/s1. The molecule has 9 heteroatoms. The maximum atomic E-state index is 14.0. The molecular weight excluding hydrogens is 475 g/mol. The number of benzene rings is 2. The molecule has 1 heterocycles. The predicted octanol–water partition coefficient (Wildman–Crippen LogP) is 5.18. The minimum atomic E-state index is -4.77. The maximum Gasteiger partial charge on any atom is 0.416 e. The number of carbonyl (C=O) groups is 3. The zero-order valence-corrected chi connectivity index (χ0v) is 20.0. The second kappa shape index (κ2) is 11.2. The Morgan fingerprint density at radius 3 is 2.17 bits per heavy atom. The number of esters is 2. The fourth-order valence-electron chi connectivity index (χ4n) is 4.24. The van der Waals surface area contributed by atoms with E-state index >= 15 is 0 Å². The largest absolute Gasteiger partial charge is 0.465 e. The van der Waals surface area contributed by atoms with Crippen LogP contribution in [0.4, 0.5) is 13.2 Å². The number of carbonyl (C=O) groups excluding carboxylic acids is 3.